The summed E-state index contributed by atoms with van der Waals surface area (Å²) in [5, 5.41) is 3.85. The SMILES string of the molecule is COc1ccc(CCNC(=O)c2sc(-c3ccc(C)cc3)nc2C)cc1OC. The summed E-state index contributed by atoms with van der Waals surface area (Å²) >= 11 is 1.42. The van der Waals surface area contributed by atoms with Gasteiger partial charge in [-0.1, -0.05) is 35.9 Å². The Balaban J connectivity index is 1.63. The second-order valence-corrected chi connectivity index (χ2v) is 7.49. The molecule has 0 aliphatic carbocycles. The summed E-state index contributed by atoms with van der Waals surface area (Å²) in [6.45, 7) is 4.46. The Labute approximate surface area is 169 Å². The Hall–Kier alpha value is -2.86. The molecule has 3 aromatic rings. The maximum atomic E-state index is 12.6. The zero-order valence-corrected chi connectivity index (χ0v) is 17.4. The molecule has 0 unspecified atom stereocenters. The summed E-state index contributed by atoms with van der Waals surface area (Å²) in [6.07, 6.45) is 0.703. The summed E-state index contributed by atoms with van der Waals surface area (Å²) in [5.74, 6) is 1.29. The van der Waals surface area contributed by atoms with Crippen molar-refractivity contribution in [3.8, 4) is 22.1 Å². The molecular formula is C22H24N2O3S. The highest BCUT2D eigenvalue weighted by Gasteiger charge is 2.16. The van der Waals surface area contributed by atoms with Crippen LogP contribution in [0.1, 0.15) is 26.5 Å². The van der Waals surface area contributed by atoms with Crippen molar-refractivity contribution in [1.29, 1.82) is 0 Å². The number of benzene rings is 2. The molecule has 146 valence electrons. The Kier molecular flexibility index (Phi) is 6.31. The number of ether oxygens (including phenoxy) is 2. The predicted octanol–water partition coefficient (Wildman–Crippen LogP) is 4.42. The van der Waals surface area contributed by atoms with Crippen LogP contribution in [-0.2, 0) is 6.42 Å². The van der Waals surface area contributed by atoms with E-state index in [2.05, 4.69) is 22.4 Å². The third kappa shape index (κ3) is 4.51. The number of nitrogens with zero attached hydrogens (tertiary/aromatic N) is 1. The zero-order chi connectivity index (χ0) is 20.1. The van der Waals surface area contributed by atoms with Crippen LogP contribution in [0.25, 0.3) is 10.6 Å². The first-order chi connectivity index (χ1) is 13.5. The molecule has 0 radical (unpaired) electrons. The molecule has 0 saturated carbocycles. The Morgan fingerprint density at radius 1 is 1.04 bits per heavy atom. The molecule has 0 bridgehead atoms. The minimum absolute atomic E-state index is 0.0890. The number of aromatic nitrogens is 1. The second kappa shape index (κ2) is 8.89. The molecular weight excluding hydrogens is 372 g/mol. The van der Waals surface area contributed by atoms with Crippen LogP contribution in [0.2, 0.25) is 0 Å². The fraction of sp³-hybridized carbons (Fsp3) is 0.273. The third-order valence-electron chi connectivity index (χ3n) is 4.45. The van der Waals surface area contributed by atoms with Crippen LogP contribution in [0.3, 0.4) is 0 Å². The van der Waals surface area contributed by atoms with Crippen molar-refractivity contribution < 1.29 is 14.3 Å². The summed E-state index contributed by atoms with van der Waals surface area (Å²) in [6, 6.07) is 13.9. The maximum Gasteiger partial charge on any atom is 0.263 e. The van der Waals surface area contributed by atoms with E-state index in [4.69, 9.17) is 9.47 Å². The highest BCUT2D eigenvalue weighted by atomic mass is 32.1. The largest absolute Gasteiger partial charge is 0.493 e. The van der Waals surface area contributed by atoms with Crippen LogP contribution in [0.5, 0.6) is 11.5 Å². The van der Waals surface area contributed by atoms with Crippen LogP contribution < -0.4 is 14.8 Å². The van der Waals surface area contributed by atoms with Crippen molar-refractivity contribution in [3.05, 3.63) is 64.2 Å². The fourth-order valence-electron chi connectivity index (χ4n) is 2.86. The summed E-state index contributed by atoms with van der Waals surface area (Å²) < 4.78 is 10.6. The molecule has 0 aliphatic heterocycles. The van der Waals surface area contributed by atoms with Gasteiger partial charge in [0, 0.05) is 12.1 Å². The maximum absolute atomic E-state index is 12.6. The van der Waals surface area contributed by atoms with Gasteiger partial charge in [0.2, 0.25) is 0 Å². The first kappa shape index (κ1) is 19.9. The standard InChI is InChI=1S/C22H24N2O3S/c1-14-5-8-17(9-6-14)22-24-15(2)20(28-22)21(25)23-12-11-16-7-10-18(26-3)19(13-16)27-4/h5-10,13H,11-12H2,1-4H3,(H,23,25). The normalized spacial score (nSPS) is 10.6. The van der Waals surface area contributed by atoms with E-state index < -0.39 is 0 Å². The molecule has 1 amide bonds. The van der Waals surface area contributed by atoms with Gasteiger partial charge in [0.1, 0.15) is 9.88 Å². The highest BCUT2D eigenvalue weighted by Crippen LogP contribution is 2.29. The van der Waals surface area contributed by atoms with Gasteiger partial charge in [0.15, 0.2) is 11.5 Å². The monoisotopic (exact) mass is 396 g/mol. The third-order valence-corrected chi connectivity index (χ3v) is 5.65. The number of rotatable bonds is 7. The first-order valence-corrected chi connectivity index (χ1v) is 9.87. The van der Waals surface area contributed by atoms with Gasteiger partial charge in [-0.2, -0.15) is 0 Å². The smallest absolute Gasteiger partial charge is 0.263 e. The first-order valence-electron chi connectivity index (χ1n) is 9.05. The van der Waals surface area contributed by atoms with Crippen LogP contribution >= 0.6 is 11.3 Å². The van der Waals surface area contributed by atoms with E-state index in [0.717, 1.165) is 21.8 Å². The molecule has 0 spiro atoms. The van der Waals surface area contributed by atoms with E-state index in [9.17, 15) is 4.79 Å². The van der Waals surface area contributed by atoms with Crippen LogP contribution in [0, 0.1) is 13.8 Å². The average molecular weight is 397 g/mol. The molecule has 1 heterocycles. The van der Waals surface area contributed by atoms with E-state index in [1.165, 1.54) is 16.9 Å². The minimum atomic E-state index is -0.0890. The fourth-order valence-corrected chi connectivity index (χ4v) is 3.85. The van der Waals surface area contributed by atoms with Crippen LogP contribution in [0.4, 0.5) is 0 Å². The number of carbonyl (C=O) groups is 1. The van der Waals surface area contributed by atoms with Gasteiger partial charge < -0.3 is 14.8 Å². The minimum Gasteiger partial charge on any atom is -0.493 e. The van der Waals surface area contributed by atoms with Crippen molar-refractivity contribution in [2.75, 3.05) is 20.8 Å². The molecule has 2 aromatic carbocycles. The number of hydrogen-bond donors (Lipinski definition) is 1. The number of hydrogen-bond acceptors (Lipinski definition) is 5. The second-order valence-electron chi connectivity index (χ2n) is 6.49. The Bertz CT molecular complexity index is 964. The van der Waals surface area contributed by atoms with E-state index in [0.29, 0.717) is 29.3 Å². The lowest BCUT2D eigenvalue weighted by atomic mass is 10.1. The Morgan fingerprint density at radius 3 is 2.43 bits per heavy atom. The molecule has 1 N–H and O–H groups in total. The predicted molar refractivity (Wildman–Crippen MR) is 113 cm³/mol. The van der Waals surface area contributed by atoms with Crippen molar-refractivity contribution in [2.24, 2.45) is 0 Å². The summed E-state index contributed by atoms with van der Waals surface area (Å²) in [7, 11) is 3.22. The zero-order valence-electron chi connectivity index (χ0n) is 16.5. The van der Waals surface area contributed by atoms with Crippen molar-refractivity contribution >= 4 is 17.2 Å². The number of nitrogens with one attached hydrogen (secondary N) is 1. The molecule has 5 nitrogen and oxygen atoms in total. The molecule has 0 atom stereocenters. The topological polar surface area (TPSA) is 60.5 Å². The van der Waals surface area contributed by atoms with E-state index in [-0.39, 0.29) is 5.91 Å². The van der Waals surface area contributed by atoms with Gasteiger partial charge in [-0.25, -0.2) is 4.98 Å². The van der Waals surface area contributed by atoms with Crippen molar-refractivity contribution in [3.63, 3.8) is 0 Å². The van der Waals surface area contributed by atoms with Gasteiger partial charge in [0.05, 0.1) is 19.9 Å². The molecule has 3 rings (SSSR count). The number of methoxy groups -OCH3 is 2. The van der Waals surface area contributed by atoms with Crippen LogP contribution in [-0.4, -0.2) is 31.7 Å². The van der Waals surface area contributed by atoms with Crippen molar-refractivity contribution in [1.82, 2.24) is 10.3 Å². The highest BCUT2D eigenvalue weighted by molar-refractivity contribution is 7.17. The molecule has 0 fully saturated rings. The van der Waals surface area contributed by atoms with E-state index >= 15 is 0 Å². The summed E-state index contributed by atoms with van der Waals surface area (Å²) in [5.41, 5.74) is 4.05. The molecule has 0 saturated heterocycles. The lowest BCUT2D eigenvalue weighted by Gasteiger charge is -2.10. The van der Waals surface area contributed by atoms with Gasteiger partial charge in [-0.15, -0.1) is 11.3 Å². The number of carbonyl (C=O) groups excluding carboxylic acids is 1. The number of thiazole rings is 1. The van der Waals surface area contributed by atoms with Gasteiger partial charge in [-0.3, -0.25) is 4.79 Å². The lowest BCUT2D eigenvalue weighted by Crippen LogP contribution is -2.25. The van der Waals surface area contributed by atoms with E-state index in [1.807, 2.05) is 44.2 Å². The van der Waals surface area contributed by atoms with Gasteiger partial charge in [0.25, 0.3) is 5.91 Å². The summed E-state index contributed by atoms with van der Waals surface area (Å²) in [4.78, 5) is 17.8. The number of amides is 1. The quantitative estimate of drug-likeness (QED) is 0.642. The lowest BCUT2D eigenvalue weighted by molar-refractivity contribution is 0.0957. The van der Waals surface area contributed by atoms with Crippen LogP contribution in [0.15, 0.2) is 42.5 Å². The average Bonchev–Trinajstić information content (AvgIpc) is 3.10. The van der Waals surface area contributed by atoms with Crippen molar-refractivity contribution in [2.45, 2.75) is 20.3 Å². The van der Waals surface area contributed by atoms with Gasteiger partial charge in [-0.05, 0) is 38.0 Å². The number of aryl methyl sites for hydroxylation is 2. The van der Waals surface area contributed by atoms with E-state index in [1.54, 1.807) is 14.2 Å². The Morgan fingerprint density at radius 2 is 1.75 bits per heavy atom. The molecule has 6 heteroatoms. The molecule has 1 aromatic heterocycles. The molecule has 0 aliphatic rings. The molecule has 28 heavy (non-hydrogen) atoms. The van der Waals surface area contributed by atoms with Gasteiger partial charge >= 0.3 is 0 Å².